The summed E-state index contributed by atoms with van der Waals surface area (Å²) in [6, 6.07) is 8.69. The second-order valence-corrected chi connectivity index (χ2v) is 5.27. The molecule has 0 radical (unpaired) electrons. The number of ether oxygens (including phenoxy) is 1. The van der Waals surface area contributed by atoms with Crippen LogP contribution in [0.25, 0.3) is 0 Å². The summed E-state index contributed by atoms with van der Waals surface area (Å²) in [5.74, 6) is 0. The van der Waals surface area contributed by atoms with Gasteiger partial charge in [-0.15, -0.1) is 11.6 Å². The van der Waals surface area contributed by atoms with Gasteiger partial charge in [0.25, 0.3) is 0 Å². The fraction of sp³-hybridized carbons (Fsp3) is 0.600. The van der Waals surface area contributed by atoms with E-state index in [4.69, 9.17) is 16.3 Å². The predicted octanol–water partition coefficient (Wildman–Crippen LogP) is 4.49. The molecule has 0 saturated carbocycles. The van der Waals surface area contributed by atoms with Crippen molar-refractivity contribution in [3.63, 3.8) is 0 Å². The molecule has 1 aliphatic rings. The molecular formula is C15H21ClO. The van der Waals surface area contributed by atoms with Crippen LogP contribution in [0.1, 0.15) is 49.1 Å². The minimum absolute atomic E-state index is 0.00553. The van der Waals surface area contributed by atoms with Crippen molar-refractivity contribution in [3.8, 4) is 0 Å². The fourth-order valence-electron chi connectivity index (χ4n) is 2.37. The maximum Gasteiger partial charge on any atom is 0.0847 e. The lowest BCUT2D eigenvalue weighted by Crippen LogP contribution is -2.23. The molecule has 1 fully saturated rings. The van der Waals surface area contributed by atoms with Crippen LogP contribution in [0.2, 0.25) is 0 Å². The number of rotatable bonds is 4. The van der Waals surface area contributed by atoms with Crippen molar-refractivity contribution < 1.29 is 4.74 Å². The van der Waals surface area contributed by atoms with Gasteiger partial charge in [-0.05, 0) is 36.8 Å². The Morgan fingerprint density at radius 3 is 2.65 bits per heavy atom. The first-order valence-electron chi connectivity index (χ1n) is 6.65. The van der Waals surface area contributed by atoms with Crippen LogP contribution < -0.4 is 0 Å². The average molecular weight is 253 g/mol. The Hall–Kier alpha value is -0.530. The number of halogens is 1. The van der Waals surface area contributed by atoms with Gasteiger partial charge in [-0.3, -0.25) is 0 Å². The lowest BCUT2D eigenvalue weighted by molar-refractivity contribution is 0.0136. The van der Waals surface area contributed by atoms with Crippen molar-refractivity contribution in [2.75, 3.05) is 6.61 Å². The molecule has 0 N–H and O–H groups in total. The lowest BCUT2D eigenvalue weighted by Gasteiger charge is -2.27. The van der Waals surface area contributed by atoms with Gasteiger partial charge in [0.1, 0.15) is 0 Å². The van der Waals surface area contributed by atoms with Crippen LogP contribution in [-0.4, -0.2) is 12.7 Å². The molecule has 0 bridgehead atoms. The van der Waals surface area contributed by atoms with Crippen molar-refractivity contribution >= 4 is 11.6 Å². The number of aryl methyl sites for hydroxylation is 1. The SMILES string of the molecule is CCCc1ccc(C(Cl)C2CCCCO2)cc1. The van der Waals surface area contributed by atoms with E-state index in [1.54, 1.807) is 0 Å². The third-order valence-corrected chi connectivity index (χ3v) is 3.91. The molecule has 2 atom stereocenters. The van der Waals surface area contributed by atoms with Gasteiger partial charge in [0, 0.05) is 6.61 Å². The first-order chi connectivity index (χ1) is 8.31. The lowest BCUT2D eigenvalue weighted by atomic mass is 9.99. The van der Waals surface area contributed by atoms with Crippen LogP contribution in [0, 0.1) is 0 Å². The maximum absolute atomic E-state index is 6.49. The van der Waals surface area contributed by atoms with Crippen molar-refractivity contribution in [2.24, 2.45) is 0 Å². The van der Waals surface area contributed by atoms with E-state index in [1.165, 1.54) is 30.4 Å². The molecule has 0 aromatic heterocycles. The smallest absolute Gasteiger partial charge is 0.0847 e. The summed E-state index contributed by atoms with van der Waals surface area (Å²) in [6.45, 7) is 3.07. The molecule has 17 heavy (non-hydrogen) atoms. The van der Waals surface area contributed by atoms with E-state index in [-0.39, 0.29) is 11.5 Å². The Morgan fingerprint density at radius 1 is 1.29 bits per heavy atom. The van der Waals surface area contributed by atoms with Crippen LogP contribution in [0.3, 0.4) is 0 Å². The summed E-state index contributed by atoms with van der Waals surface area (Å²) >= 11 is 6.49. The quantitative estimate of drug-likeness (QED) is 0.718. The van der Waals surface area contributed by atoms with E-state index in [0.29, 0.717) is 0 Å². The summed E-state index contributed by atoms with van der Waals surface area (Å²) in [6.07, 6.45) is 6.03. The first kappa shape index (κ1) is 12.9. The normalized spacial score (nSPS) is 22.4. The Labute approximate surface area is 109 Å². The van der Waals surface area contributed by atoms with Crippen molar-refractivity contribution in [1.29, 1.82) is 0 Å². The van der Waals surface area contributed by atoms with Gasteiger partial charge >= 0.3 is 0 Å². The van der Waals surface area contributed by atoms with Gasteiger partial charge in [-0.2, -0.15) is 0 Å². The van der Waals surface area contributed by atoms with Gasteiger partial charge in [0.15, 0.2) is 0 Å². The van der Waals surface area contributed by atoms with E-state index in [0.717, 1.165) is 19.4 Å². The van der Waals surface area contributed by atoms with Crippen LogP contribution in [-0.2, 0) is 11.2 Å². The van der Waals surface area contributed by atoms with E-state index in [9.17, 15) is 0 Å². The molecule has 2 heteroatoms. The van der Waals surface area contributed by atoms with E-state index in [2.05, 4.69) is 31.2 Å². The van der Waals surface area contributed by atoms with Crippen LogP contribution in [0.5, 0.6) is 0 Å². The van der Waals surface area contributed by atoms with Gasteiger partial charge < -0.3 is 4.74 Å². The highest BCUT2D eigenvalue weighted by atomic mass is 35.5. The van der Waals surface area contributed by atoms with Crippen molar-refractivity contribution in [1.82, 2.24) is 0 Å². The Bertz CT molecular complexity index is 327. The molecule has 1 heterocycles. The molecule has 0 spiro atoms. The third-order valence-electron chi connectivity index (χ3n) is 3.38. The number of hydrogen-bond acceptors (Lipinski definition) is 1. The van der Waals surface area contributed by atoms with Crippen LogP contribution >= 0.6 is 11.6 Å². The topological polar surface area (TPSA) is 9.23 Å². The number of hydrogen-bond donors (Lipinski definition) is 0. The van der Waals surface area contributed by atoms with Gasteiger partial charge in [0.05, 0.1) is 11.5 Å². The molecule has 0 amide bonds. The van der Waals surface area contributed by atoms with E-state index >= 15 is 0 Å². The summed E-state index contributed by atoms with van der Waals surface area (Å²) < 4.78 is 5.74. The van der Waals surface area contributed by atoms with Gasteiger partial charge in [0.2, 0.25) is 0 Å². The highest BCUT2D eigenvalue weighted by Gasteiger charge is 2.23. The number of alkyl halides is 1. The van der Waals surface area contributed by atoms with E-state index in [1.807, 2.05) is 0 Å². The van der Waals surface area contributed by atoms with Crippen LogP contribution in [0.15, 0.2) is 24.3 Å². The summed E-state index contributed by atoms with van der Waals surface area (Å²) in [4.78, 5) is 0. The zero-order chi connectivity index (χ0) is 12.1. The molecule has 2 rings (SSSR count). The summed E-state index contributed by atoms with van der Waals surface area (Å²) in [5.41, 5.74) is 2.59. The zero-order valence-corrected chi connectivity index (χ0v) is 11.2. The summed E-state index contributed by atoms with van der Waals surface area (Å²) in [5, 5.41) is 0.00553. The maximum atomic E-state index is 6.49. The summed E-state index contributed by atoms with van der Waals surface area (Å²) in [7, 11) is 0. The molecule has 1 aromatic rings. The zero-order valence-electron chi connectivity index (χ0n) is 10.5. The Morgan fingerprint density at radius 2 is 2.06 bits per heavy atom. The van der Waals surface area contributed by atoms with Gasteiger partial charge in [-0.25, -0.2) is 0 Å². The molecule has 94 valence electrons. The Balaban J connectivity index is 2.00. The standard InChI is InChI=1S/C15H21ClO/c1-2-5-12-7-9-13(10-8-12)15(16)14-6-3-4-11-17-14/h7-10,14-15H,2-6,11H2,1H3. The Kier molecular flexibility index (Phi) is 4.87. The largest absolute Gasteiger partial charge is 0.376 e. The molecule has 1 nitrogen and oxygen atoms in total. The molecular weight excluding hydrogens is 232 g/mol. The second kappa shape index (κ2) is 6.42. The average Bonchev–Trinajstić information content (AvgIpc) is 2.40. The van der Waals surface area contributed by atoms with Crippen molar-refractivity contribution in [3.05, 3.63) is 35.4 Å². The molecule has 1 aromatic carbocycles. The second-order valence-electron chi connectivity index (χ2n) is 4.80. The minimum atomic E-state index is 0.00553. The minimum Gasteiger partial charge on any atom is -0.376 e. The monoisotopic (exact) mass is 252 g/mol. The third kappa shape index (κ3) is 3.46. The molecule has 1 saturated heterocycles. The highest BCUT2D eigenvalue weighted by Crippen LogP contribution is 2.31. The molecule has 2 unspecified atom stereocenters. The molecule has 0 aliphatic carbocycles. The fourth-order valence-corrected chi connectivity index (χ4v) is 2.71. The van der Waals surface area contributed by atoms with Gasteiger partial charge in [-0.1, -0.05) is 37.6 Å². The van der Waals surface area contributed by atoms with E-state index < -0.39 is 0 Å². The predicted molar refractivity (Wildman–Crippen MR) is 72.6 cm³/mol. The van der Waals surface area contributed by atoms with Crippen LogP contribution in [0.4, 0.5) is 0 Å². The van der Waals surface area contributed by atoms with Crippen molar-refractivity contribution in [2.45, 2.75) is 50.5 Å². The highest BCUT2D eigenvalue weighted by molar-refractivity contribution is 6.21. The first-order valence-corrected chi connectivity index (χ1v) is 7.09. The number of benzene rings is 1. The molecule has 1 aliphatic heterocycles.